The van der Waals surface area contributed by atoms with Crippen LogP contribution in [0, 0.1) is 0 Å². The summed E-state index contributed by atoms with van der Waals surface area (Å²) in [6.07, 6.45) is 0.350. The molecule has 0 aromatic carbocycles. The largest absolute Gasteiger partial charge is 0.375 e. The number of nitrogens with one attached hydrogen (secondary N) is 1. The molecule has 3 atom stereocenters. The maximum Gasteiger partial charge on any atom is 0.225 e. The number of nitrogens with zero attached hydrogens (tertiary/aromatic N) is 1. The molecule has 21 heavy (non-hydrogen) atoms. The summed E-state index contributed by atoms with van der Waals surface area (Å²) in [5.74, 6) is -0.0607. The SMILES string of the molecule is CC(=O)N[C@H](CC(=O)N1C[C@@H](C)OC[C@H]1C)c1cccs1. The molecule has 1 aromatic rings. The zero-order chi connectivity index (χ0) is 15.4. The van der Waals surface area contributed by atoms with Crippen LogP contribution in [-0.4, -0.2) is 42.0 Å². The van der Waals surface area contributed by atoms with Gasteiger partial charge in [0.25, 0.3) is 0 Å². The summed E-state index contributed by atoms with van der Waals surface area (Å²) in [5, 5.41) is 4.82. The summed E-state index contributed by atoms with van der Waals surface area (Å²) >= 11 is 1.55. The minimum absolute atomic E-state index is 0.0600. The van der Waals surface area contributed by atoms with Gasteiger partial charge >= 0.3 is 0 Å². The maximum absolute atomic E-state index is 12.6. The molecule has 1 aromatic heterocycles. The Hall–Kier alpha value is -1.40. The summed E-state index contributed by atoms with van der Waals surface area (Å²) in [6.45, 7) is 6.61. The molecule has 0 bridgehead atoms. The molecule has 6 heteroatoms. The lowest BCUT2D eigenvalue weighted by molar-refractivity contribution is -0.143. The Morgan fingerprint density at radius 2 is 2.29 bits per heavy atom. The van der Waals surface area contributed by atoms with Gasteiger partial charge in [-0.25, -0.2) is 0 Å². The van der Waals surface area contributed by atoms with E-state index in [9.17, 15) is 9.59 Å². The quantitative estimate of drug-likeness (QED) is 0.925. The standard InChI is InChI=1S/C15H22N2O3S/c1-10-9-20-11(2)8-17(10)15(19)7-13(16-12(3)18)14-5-4-6-21-14/h4-6,10-11,13H,7-9H2,1-3H3,(H,16,18)/t10-,11-,13-/m1/s1. The van der Waals surface area contributed by atoms with Crippen molar-refractivity contribution < 1.29 is 14.3 Å². The van der Waals surface area contributed by atoms with Crippen LogP contribution in [0.2, 0.25) is 0 Å². The number of rotatable bonds is 4. The highest BCUT2D eigenvalue weighted by Gasteiger charge is 2.29. The van der Waals surface area contributed by atoms with Gasteiger partial charge in [-0.3, -0.25) is 9.59 Å². The van der Waals surface area contributed by atoms with Gasteiger partial charge in [-0.15, -0.1) is 11.3 Å². The Kier molecular flexibility index (Phi) is 5.36. The number of morpholine rings is 1. The second kappa shape index (κ2) is 7.04. The fourth-order valence-electron chi connectivity index (χ4n) is 2.50. The molecule has 0 unspecified atom stereocenters. The zero-order valence-corrected chi connectivity index (χ0v) is 13.5. The first-order valence-electron chi connectivity index (χ1n) is 7.19. The van der Waals surface area contributed by atoms with Gasteiger partial charge in [0.15, 0.2) is 0 Å². The van der Waals surface area contributed by atoms with Crippen molar-refractivity contribution in [2.45, 2.75) is 45.4 Å². The fraction of sp³-hybridized carbons (Fsp3) is 0.600. The molecule has 0 spiro atoms. The monoisotopic (exact) mass is 310 g/mol. The maximum atomic E-state index is 12.6. The van der Waals surface area contributed by atoms with Crippen molar-refractivity contribution in [2.24, 2.45) is 0 Å². The third-order valence-corrected chi connectivity index (χ3v) is 4.56. The summed E-state index contributed by atoms with van der Waals surface area (Å²) in [5.41, 5.74) is 0. The Morgan fingerprint density at radius 1 is 1.52 bits per heavy atom. The molecule has 1 N–H and O–H groups in total. The molecule has 0 aliphatic carbocycles. The van der Waals surface area contributed by atoms with Crippen LogP contribution in [0.5, 0.6) is 0 Å². The van der Waals surface area contributed by atoms with E-state index in [0.717, 1.165) is 4.88 Å². The smallest absolute Gasteiger partial charge is 0.225 e. The van der Waals surface area contributed by atoms with Crippen LogP contribution in [0.15, 0.2) is 17.5 Å². The second-order valence-corrected chi connectivity index (χ2v) is 6.49. The molecular weight excluding hydrogens is 288 g/mol. The number of carbonyl (C=O) groups excluding carboxylic acids is 2. The van der Waals surface area contributed by atoms with Crippen LogP contribution in [0.1, 0.15) is 38.1 Å². The molecule has 1 aliphatic rings. The van der Waals surface area contributed by atoms with Gasteiger partial charge in [-0.2, -0.15) is 0 Å². The van der Waals surface area contributed by atoms with E-state index >= 15 is 0 Å². The minimum atomic E-state index is -0.250. The van der Waals surface area contributed by atoms with Gasteiger partial charge in [0.1, 0.15) is 0 Å². The van der Waals surface area contributed by atoms with E-state index in [4.69, 9.17) is 4.74 Å². The van der Waals surface area contributed by atoms with Gasteiger partial charge in [-0.1, -0.05) is 6.07 Å². The van der Waals surface area contributed by atoms with Gasteiger partial charge in [-0.05, 0) is 25.3 Å². The predicted molar refractivity (Wildman–Crippen MR) is 82.1 cm³/mol. The first-order valence-corrected chi connectivity index (χ1v) is 8.07. The van der Waals surface area contributed by atoms with Crippen molar-refractivity contribution in [3.63, 3.8) is 0 Å². The number of amides is 2. The van der Waals surface area contributed by atoms with Crippen LogP contribution in [0.3, 0.4) is 0 Å². The highest BCUT2D eigenvalue weighted by molar-refractivity contribution is 7.10. The number of carbonyl (C=O) groups is 2. The molecule has 2 rings (SSSR count). The highest BCUT2D eigenvalue weighted by Crippen LogP contribution is 2.24. The van der Waals surface area contributed by atoms with Crippen LogP contribution in [-0.2, 0) is 14.3 Å². The summed E-state index contributed by atoms with van der Waals surface area (Å²) < 4.78 is 5.55. The van der Waals surface area contributed by atoms with E-state index in [2.05, 4.69) is 5.32 Å². The number of hydrogen-bond acceptors (Lipinski definition) is 4. The number of thiophene rings is 1. The molecule has 2 heterocycles. The molecule has 2 amide bonds. The molecule has 1 aliphatic heterocycles. The van der Waals surface area contributed by atoms with Crippen molar-refractivity contribution in [3.05, 3.63) is 22.4 Å². The van der Waals surface area contributed by atoms with Crippen LogP contribution >= 0.6 is 11.3 Å². The minimum Gasteiger partial charge on any atom is -0.375 e. The van der Waals surface area contributed by atoms with Crippen molar-refractivity contribution in [2.75, 3.05) is 13.2 Å². The van der Waals surface area contributed by atoms with E-state index in [1.807, 2.05) is 36.3 Å². The lowest BCUT2D eigenvalue weighted by Crippen LogP contribution is -2.50. The van der Waals surface area contributed by atoms with Gasteiger partial charge in [0.2, 0.25) is 11.8 Å². The van der Waals surface area contributed by atoms with Crippen molar-refractivity contribution >= 4 is 23.2 Å². The predicted octanol–water partition coefficient (Wildman–Crippen LogP) is 1.95. The van der Waals surface area contributed by atoms with Crippen LogP contribution < -0.4 is 5.32 Å². The number of hydrogen-bond donors (Lipinski definition) is 1. The van der Waals surface area contributed by atoms with Crippen LogP contribution in [0.4, 0.5) is 0 Å². The average Bonchev–Trinajstić information content (AvgIpc) is 2.94. The van der Waals surface area contributed by atoms with Gasteiger partial charge in [0, 0.05) is 18.3 Å². The molecule has 5 nitrogen and oxygen atoms in total. The van der Waals surface area contributed by atoms with E-state index in [-0.39, 0.29) is 36.4 Å². The van der Waals surface area contributed by atoms with Crippen molar-refractivity contribution in [1.29, 1.82) is 0 Å². The van der Waals surface area contributed by atoms with Gasteiger partial charge in [0.05, 0.1) is 31.2 Å². The molecular formula is C15H22N2O3S. The Labute approximate surface area is 129 Å². The Bertz CT molecular complexity index is 489. The van der Waals surface area contributed by atoms with E-state index in [0.29, 0.717) is 13.2 Å². The average molecular weight is 310 g/mol. The molecule has 0 saturated carbocycles. The lowest BCUT2D eigenvalue weighted by atomic mass is 10.1. The third kappa shape index (κ3) is 4.28. The van der Waals surface area contributed by atoms with Crippen LogP contribution in [0.25, 0.3) is 0 Å². The van der Waals surface area contributed by atoms with Crippen molar-refractivity contribution in [3.8, 4) is 0 Å². The summed E-state index contributed by atoms with van der Waals surface area (Å²) in [4.78, 5) is 26.8. The van der Waals surface area contributed by atoms with Gasteiger partial charge < -0.3 is 15.0 Å². The summed E-state index contributed by atoms with van der Waals surface area (Å²) in [7, 11) is 0. The normalized spacial score (nSPS) is 23.7. The zero-order valence-electron chi connectivity index (χ0n) is 12.7. The fourth-order valence-corrected chi connectivity index (χ4v) is 3.28. The topological polar surface area (TPSA) is 58.6 Å². The van der Waals surface area contributed by atoms with E-state index in [1.54, 1.807) is 11.3 Å². The second-order valence-electron chi connectivity index (χ2n) is 5.51. The molecule has 116 valence electrons. The molecule has 1 fully saturated rings. The summed E-state index contributed by atoms with van der Waals surface area (Å²) in [6, 6.07) is 3.71. The van der Waals surface area contributed by atoms with E-state index < -0.39 is 0 Å². The number of ether oxygens (including phenoxy) is 1. The third-order valence-electron chi connectivity index (χ3n) is 3.57. The molecule has 0 radical (unpaired) electrons. The Balaban J connectivity index is 2.05. The highest BCUT2D eigenvalue weighted by atomic mass is 32.1. The Morgan fingerprint density at radius 3 is 2.90 bits per heavy atom. The lowest BCUT2D eigenvalue weighted by Gasteiger charge is -2.37. The van der Waals surface area contributed by atoms with Crippen molar-refractivity contribution in [1.82, 2.24) is 10.2 Å². The molecule has 1 saturated heterocycles. The van der Waals surface area contributed by atoms with E-state index in [1.165, 1.54) is 6.92 Å². The first-order chi connectivity index (χ1) is 9.97. The first kappa shape index (κ1) is 16.0.